The lowest BCUT2D eigenvalue weighted by Crippen LogP contribution is -2.38. The van der Waals surface area contributed by atoms with Crippen molar-refractivity contribution in [2.24, 2.45) is 4.99 Å². The van der Waals surface area contributed by atoms with Crippen LogP contribution >= 0.6 is 0 Å². The average Bonchev–Trinajstić information content (AvgIpc) is 3.07. The molecule has 7 nitrogen and oxygen atoms in total. The van der Waals surface area contributed by atoms with Crippen molar-refractivity contribution in [3.8, 4) is 17.2 Å². The third kappa shape index (κ3) is 6.21. The first-order valence-electron chi connectivity index (χ1n) is 8.53. The summed E-state index contributed by atoms with van der Waals surface area (Å²) < 4.78 is 45.8. The quantitative estimate of drug-likeness (QED) is 0.373. The van der Waals surface area contributed by atoms with Gasteiger partial charge in [0.05, 0.1) is 6.61 Å². The Labute approximate surface area is 151 Å². The van der Waals surface area contributed by atoms with E-state index in [1.165, 1.54) is 6.07 Å². The van der Waals surface area contributed by atoms with E-state index in [4.69, 9.17) is 14.2 Å². The Balaban J connectivity index is 1.88. The third-order valence-corrected chi connectivity index (χ3v) is 3.62. The minimum Gasteiger partial charge on any atom is -0.454 e. The number of fused-ring (bicyclic) bond motifs is 1. The number of nitrogens with one attached hydrogen (secondary N) is 2. The van der Waals surface area contributed by atoms with Gasteiger partial charge in [-0.15, -0.1) is 0 Å². The Morgan fingerprint density at radius 3 is 2.69 bits per heavy atom. The number of rotatable bonds is 10. The van der Waals surface area contributed by atoms with Crippen LogP contribution in [-0.4, -0.2) is 46.2 Å². The molecule has 9 heteroatoms. The van der Waals surface area contributed by atoms with E-state index in [1.54, 1.807) is 13.1 Å². The van der Waals surface area contributed by atoms with Gasteiger partial charge in [0, 0.05) is 38.4 Å². The van der Waals surface area contributed by atoms with Crippen LogP contribution in [0, 0.1) is 0 Å². The predicted molar refractivity (Wildman–Crippen MR) is 93.1 cm³/mol. The number of ether oxygens (including phenoxy) is 4. The van der Waals surface area contributed by atoms with Gasteiger partial charge >= 0.3 is 6.61 Å². The Hall–Kier alpha value is -2.29. The van der Waals surface area contributed by atoms with Crippen LogP contribution < -0.4 is 24.8 Å². The van der Waals surface area contributed by atoms with Crippen LogP contribution in [0.4, 0.5) is 8.78 Å². The summed E-state index contributed by atoms with van der Waals surface area (Å²) in [6.45, 7) is 1.35. The molecule has 0 fully saturated rings. The molecule has 1 heterocycles. The first-order chi connectivity index (χ1) is 12.6. The molecule has 26 heavy (non-hydrogen) atoms. The highest BCUT2D eigenvalue weighted by Gasteiger charge is 2.20. The number of nitrogens with zero attached hydrogens (tertiary/aromatic N) is 1. The molecule has 1 aromatic rings. The first-order valence-corrected chi connectivity index (χ1v) is 8.53. The van der Waals surface area contributed by atoms with Crippen LogP contribution in [0.5, 0.6) is 17.2 Å². The van der Waals surface area contributed by atoms with Crippen molar-refractivity contribution in [1.29, 1.82) is 0 Å². The van der Waals surface area contributed by atoms with E-state index in [9.17, 15) is 8.78 Å². The van der Waals surface area contributed by atoms with E-state index >= 15 is 0 Å². The van der Waals surface area contributed by atoms with Crippen LogP contribution in [-0.2, 0) is 11.3 Å². The number of alkyl halides is 2. The molecule has 0 saturated heterocycles. The summed E-state index contributed by atoms with van der Waals surface area (Å²) in [5, 5.41) is 6.15. The van der Waals surface area contributed by atoms with Crippen molar-refractivity contribution in [2.75, 3.05) is 33.6 Å². The van der Waals surface area contributed by atoms with E-state index < -0.39 is 6.61 Å². The van der Waals surface area contributed by atoms with Gasteiger partial charge in [0.2, 0.25) is 6.79 Å². The molecule has 0 spiro atoms. The number of unbranched alkanes of at least 4 members (excludes halogenated alkanes) is 1. The van der Waals surface area contributed by atoms with E-state index in [1.807, 2.05) is 0 Å². The molecule has 0 aromatic heterocycles. The molecule has 0 saturated carbocycles. The second kappa shape index (κ2) is 10.6. The highest BCUT2D eigenvalue weighted by Crippen LogP contribution is 2.38. The number of hydrogen-bond acceptors (Lipinski definition) is 5. The fraction of sp³-hybridized carbons (Fsp3) is 0.588. The average molecular weight is 373 g/mol. The number of aliphatic imine (C=N–C) groups is 1. The summed E-state index contributed by atoms with van der Waals surface area (Å²) in [6, 6.07) is 3.03. The molecule has 0 aliphatic carbocycles. The van der Waals surface area contributed by atoms with Crippen LogP contribution in [0.15, 0.2) is 17.1 Å². The van der Waals surface area contributed by atoms with Gasteiger partial charge in [-0.25, -0.2) is 0 Å². The molecule has 2 rings (SSSR count). The van der Waals surface area contributed by atoms with E-state index in [-0.39, 0.29) is 19.1 Å². The van der Waals surface area contributed by atoms with Gasteiger partial charge in [-0.1, -0.05) is 13.3 Å². The monoisotopic (exact) mass is 373 g/mol. The summed E-state index contributed by atoms with van der Waals surface area (Å²) >= 11 is 0. The number of hydrogen-bond donors (Lipinski definition) is 2. The van der Waals surface area contributed by atoms with E-state index in [0.29, 0.717) is 36.2 Å². The normalized spacial score (nSPS) is 13.2. The highest BCUT2D eigenvalue weighted by molar-refractivity contribution is 5.79. The maximum atomic E-state index is 12.6. The van der Waals surface area contributed by atoms with Gasteiger partial charge in [-0.2, -0.15) is 8.78 Å². The summed E-state index contributed by atoms with van der Waals surface area (Å²) in [5.74, 6) is 1.45. The molecule has 1 aliphatic rings. The molecule has 2 N–H and O–H groups in total. The molecule has 1 aliphatic heterocycles. The highest BCUT2D eigenvalue weighted by atomic mass is 19.3. The predicted octanol–water partition coefficient (Wildman–Crippen LogP) is 2.50. The zero-order chi connectivity index (χ0) is 18.8. The lowest BCUT2D eigenvalue weighted by Gasteiger charge is -2.15. The fourth-order valence-corrected chi connectivity index (χ4v) is 2.30. The van der Waals surface area contributed by atoms with Crippen molar-refractivity contribution in [3.63, 3.8) is 0 Å². The van der Waals surface area contributed by atoms with Gasteiger partial charge in [-0.05, 0) is 12.5 Å². The molecule has 146 valence electrons. The van der Waals surface area contributed by atoms with Crippen LogP contribution in [0.2, 0.25) is 0 Å². The van der Waals surface area contributed by atoms with Crippen molar-refractivity contribution in [1.82, 2.24) is 10.6 Å². The summed E-state index contributed by atoms with van der Waals surface area (Å²) in [7, 11) is 1.63. The van der Waals surface area contributed by atoms with Crippen molar-refractivity contribution in [3.05, 3.63) is 17.7 Å². The molecule has 0 atom stereocenters. The minimum atomic E-state index is -2.92. The van der Waals surface area contributed by atoms with Gasteiger partial charge in [0.15, 0.2) is 17.5 Å². The second-order valence-electron chi connectivity index (χ2n) is 5.51. The zero-order valence-corrected chi connectivity index (χ0v) is 15.0. The molecule has 1 aromatic carbocycles. The third-order valence-electron chi connectivity index (χ3n) is 3.62. The maximum Gasteiger partial charge on any atom is 0.387 e. The van der Waals surface area contributed by atoms with Crippen molar-refractivity contribution < 1.29 is 27.7 Å². The fourth-order valence-electron chi connectivity index (χ4n) is 2.30. The smallest absolute Gasteiger partial charge is 0.387 e. The number of guanidine groups is 1. The first kappa shape index (κ1) is 20.0. The largest absolute Gasteiger partial charge is 0.454 e. The molecule has 0 bridgehead atoms. The van der Waals surface area contributed by atoms with Crippen molar-refractivity contribution >= 4 is 5.96 Å². The lowest BCUT2D eigenvalue weighted by atomic mass is 10.1. The SMILES string of the molecule is CCCCOCCNC(=NC)NCc1cc2c(cc1OC(F)F)OCO2. The lowest BCUT2D eigenvalue weighted by molar-refractivity contribution is -0.0505. The van der Waals surface area contributed by atoms with Gasteiger partial charge < -0.3 is 29.6 Å². The molecule has 0 radical (unpaired) electrons. The Kier molecular flexibility index (Phi) is 8.20. The van der Waals surface area contributed by atoms with E-state index in [0.717, 1.165) is 19.4 Å². The van der Waals surface area contributed by atoms with Crippen molar-refractivity contribution in [2.45, 2.75) is 32.9 Å². The Morgan fingerprint density at radius 2 is 2.00 bits per heavy atom. The van der Waals surface area contributed by atoms with Gasteiger partial charge in [0.1, 0.15) is 5.75 Å². The maximum absolute atomic E-state index is 12.6. The van der Waals surface area contributed by atoms with E-state index in [2.05, 4.69) is 27.3 Å². The topological polar surface area (TPSA) is 73.3 Å². The number of halogens is 2. The second-order valence-corrected chi connectivity index (χ2v) is 5.51. The van der Waals surface area contributed by atoms with Gasteiger partial charge in [0.25, 0.3) is 0 Å². The van der Waals surface area contributed by atoms with Crippen LogP contribution in [0.25, 0.3) is 0 Å². The Morgan fingerprint density at radius 1 is 1.23 bits per heavy atom. The summed E-state index contributed by atoms with van der Waals surface area (Å²) in [5.41, 5.74) is 0.511. The van der Waals surface area contributed by atoms with Crippen LogP contribution in [0.3, 0.4) is 0 Å². The molecule has 0 unspecified atom stereocenters. The molecule has 0 amide bonds. The summed E-state index contributed by atoms with van der Waals surface area (Å²) in [6.07, 6.45) is 2.12. The molecular weight excluding hydrogens is 348 g/mol. The minimum absolute atomic E-state index is 0.0371. The Bertz CT molecular complexity index is 600. The zero-order valence-electron chi connectivity index (χ0n) is 15.0. The standard InChI is InChI=1S/C17H25F2N3O4/c1-3-4-6-23-7-5-21-17(20-2)22-10-12-8-14-15(25-11-24-14)9-13(12)26-16(18)19/h8-9,16H,3-7,10-11H2,1-2H3,(H2,20,21,22). The number of benzene rings is 1. The van der Waals surface area contributed by atoms with Crippen LogP contribution in [0.1, 0.15) is 25.3 Å². The molecular formula is C17H25F2N3O4. The summed E-state index contributed by atoms with van der Waals surface area (Å²) in [4.78, 5) is 4.09. The van der Waals surface area contributed by atoms with Gasteiger partial charge in [-0.3, -0.25) is 4.99 Å².